The predicted octanol–water partition coefficient (Wildman–Crippen LogP) is 4.02. The minimum atomic E-state index is -0.482. The Bertz CT molecular complexity index is 588. The van der Waals surface area contributed by atoms with Crippen molar-refractivity contribution < 1.29 is 9.53 Å². The number of anilines is 1. The zero-order valence-electron chi connectivity index (χ0n) is 12.7. The Morgan fingerprint density at radius 1 is 1.05 bits per heavy atom. The summed E-state index contributed by atoms with van der Waals surface area (Å²) in [6.45, 7) is 4.49. The Hall–Kier alpha value is -2.29. The standard InChI is InChI=1S/C18H21NO2/c1-18(2,13-19-15-7-5-4-6-8-15)17(20)14-9-11-16(21-3)12-10-14/h4-12,19H,13H2,1-3H3. The molecular weight excluding hydrogens is 262 g/mol. The molecule has 2 aromatic carbocycles. The molecular formula is C18H21NO2. The third-order valence-corrected chi connectivity index (χ3v) is 3.48. The summed E-state index contributed by atoms with van der Waals surface area (Å²) in [5.74, 6) is 0.875. The molecule has 0 amide bonds. The van der Waals surface area contributed by atoms with Gasteiger partial charge in [-0.2, -0.15) is 0 Å². The van der Waals surface area contributed by atoms with Gasteiger partial charge in [-0.05, 0) is 36.4 Å². The van der Waals surface area contributed by atoms with Crippen molar-refractivity contribution in [2.24, 2.45) is 5.41 Å². The van der Waals surface area contributed by atoms with E-state index in [9.17, 15) is 4.79 Å². The molecule has 0 aliphatic heterocycles. The van der Waals surface area contributed by atoms with Crippen molar-refractivity contribution in [2.75, 3.05) is 19.0 Å². The molecule has 2 aromatic rings. The number of carbonyl (C=O) groups excluding carboxylic acids is 1. The van der Waals surface area contributed by atoms with Gasteiger partial charge in [0.05, 0.1) is 7.11 Å². The second-order valence-electron chi connectivity index (χ2n) is 5.66. The zero-order valence-corrected chi connectivity index (χ0v) is 12.7. The van der Waals surface area contributed by atoms with E-state index in [0.29, 0.717) is 12.1 Å². The molecule has 0 spiro atoms. The molecule has 0 aliphatic carbocycles. The fourth-order valence-corrected chi connectivity index (χ4v) is 2.09. The summed E-state index contributed by atoms with van der Waals surface area (Å²) in [6.07, 6.45) is 0. The van der Waals surface area contributed by atoms with Crippen molar-refractivity contribution >= 4 is 11.5 Å². The van der Waals surface area contributed by atoms with Crippen LogP contribution in [0, 0.1) is 5.41 Å². The molecule has 0 aliphatic rings. The van der Waals surface area contributed by atoms with Gasteiger partial charge >= 0.3 is 0 Å². The summed E-state index contributed by atoms with van der Waals surface area (Å²) >= 11 is 0. The fourth-order valence-electron chi connectivity index (χ4n) is 2.09. The van der Waals surface area contributed by atoms with Crippen LogP contribution in [-0.2, 0) is 0 Å². The third-order valence-electron chi connectivity index (χ3n) is 3.48. The number of Topliss-reactive ketones (excluding diaryl/α,β-unsaturated/α-hetero) is 1. The molecule has 3 heteroatoms. The molecule has 3 nitrogen and oxygen atoms in total. The van der Waals surface area contributed by atoms with E-state index >= 15 is 0 Å². The van der Waals surface area contributed by atoms with Gasteiger partial charge in [-0.1, -0.05) is 32.0 Å². The molecule has 0 heterocycles. The van der Waals surface area contributed by atoms with E-state index in [1.807, 2.05) is 68.4 Å². The van der Waals surface area contributed by atoms with Crippen LogP contribution in [-0.4, -0.2) is 19.4 Å². The van der Waals surface area contributed by atoms with E-state index in [-0.39, 0.29) is 5.78 Å². The fraction of sp³-hybridized carbons (Fsp3) is 0.278. The van der Waals surface area contributed by atoms with Crippen molar-refractivity contribution in [2.45, 2.75) is 13.8 Å². The van der Waals surface area contributed by atoms with Crippen LogP contribution in [0.1, 0.15) is 24.2 Å². The lowest BCUT2D eigenvalue weighted by atomic mass is 9.84. The number of hydrogen-bond acceptors (Lipinski definition) is 3. The first kappa shape index (κ1) is 15.1. The van der Waals surface area contributed by atoms with Gasteiger partial charge in [-0.25, -0.2) is 0 Å². The third kappa shape index (κ3) is 3.85. The summed E-state index contributed by atoms with van der Waals surface area (Å²) in [4.78, 5) is 12.6. The zero-order chi connectivity index (χ0) is 15.3. The van der Waals surface area contributed by atoms with Gasteiger partial charge in [0, 0.05) is 23.2 Å². The number of ether oxygens (including phenoxy) is 1. The van der Waals surface area contributed by atoms with Crippen molar-refractivity contribution in [3.8, 4) is 5.75 Å². The highest BCUT2D eigenvalue weighted by Crippen LogP contribution is 2.24. The molecule has 0 unspecified atom stereocenters. The largest absolute Gasteiger partial charge is 0.497 e. The van der Waals surface area contributed by atoms with Gasteiger partial charge in [0.1, 0.15) is 5.75 Å². The van der Waals surface area contributed by atoms with E-state index in [0.717, 1.165) is 11.4 Å². The number of rotatable bonds is 6. The molecule has 0 saturated carbocycles. The van der Waals surface area contributed by atoms with Crippen LogP contribution in [0.2, 0.25) is 0 Å². The van der Waals surface area contributed by atoms with Crippen LogP contribution < -0.4 is 10.1 Å². The van der Waals surface area contributed by atoms with Gasteiger partial charge < -0.3 is 10.1 Å². The first-order valence-electron chi connectivity index (χ1n) is 7.01. The van der Waals surface area contributed by atoms with Gasteiger partial charge in [0.2, 0.25) is 0 Å². The number of para-hydroxylation sites is 1. The minimum absolute atomic E-state index is 0.119. The number of carbonyl (C=O) groups is 1. The van der Waals surface area contributed by atoms with Gasteiger partial charge in [-0.15, -0.1) is 0 Å². The summed E-state index contributed by atoms with van der Waals surface area (Å²) in [5, 5.41) is 3.31. The number of nitrogens with one attached hydrogen (secondary N) is 1. The average molecular weight is 283 g/mol. The van der Waals surface area contributed by atoms with Crippen LogP contribution in [0.3, 0.4) is 0 Å². The summed E-state index contributed by atoms with van der Waals surface area (Å²) in [5.41, 5.74) is 1.24. The Balaban J connectivity index is 2.05. The van der Waals surface area contributed by atoms with E-state index in [1.54, 1.807) is 7.11 Å². The van der Waals surface area contributed by atoms with Crippen LogP contribution in [0.25, 0.3) is 0 Å². The average Bonchev–Trinajstić information content (AvgIpc) is 2.53. The Labute approximate surface area is 126 Å². The minimum Gasteiger partial charge on any atom is -0.497 e. The Kier molecular flexibility index (Phi) is 4.63. The smallest absolute Gasteiger partial charge is 0.170 e. The molecule has 0 saturated heterocycles. The maximum atomic E-state index is 12.6. The van der Waals surface area contributed by atoms with E-state index < -0.39 is 5.41 Å². The van der Waals surface area contributed by atoms with Crippen LogP contribution in [0.4, 0.5) is 5.69 Å². The van der Waals surface area contributed by atoms with Crippen LogP contribution in [0.15, 0.2) is 54.6 Å². The van der Waals surface area contributed by atoms with E-state index in [1.165, 1.54) is 0 Å². The number of benzene rings is 2. The quantitative estimate of drug-likeness (QED) is 0.814. The first-order chi connectivity index (χ1) is 10.0. The van der Waals surface area contributed by atoms with E-state index in [4.69, 9.17) is 4.74 Å². The maximum absolute atomic E-state index is 12.6. The van der Waals surface area contributed by atoms with Gasteiger partial charge in [0.25, 0.3) is 0 Å². The van der Waals surface area contributed by atoms with Crippen LogP contribution >= 0.6 is 0 Å². The summed E-state index contributed by atoms with van der Waals surface area (Å²) in [6, 6.07) is 17.2. The van der Waals surface area contributed by atoms with Crippen LogP contribution in [0.5, 0.6) is 5.75 Å². The molecule has 0 radical (unpaired) electrons. The summed E-state index contributed by atoms with van der Waals surface area (Å²) in [7, 11) is 1.62. The van der Waals surface area contributed by atoms with Gasteiger partial charge in [0.15, 0.2) is 5.78 Å². The highest BCUT2D eigenvalue weighted by atomic mass is 16.5. The lowest BCUT2D eigenvalue weighted by Gasteiger charge is -2.24. The molecule has 0 atom stereocenters. The van der Waals surface area contributed by atoms with Gasteiger partial charge in [-0.3, -0.25) is 4.79 Å². The number of methoxy groups -OCH3 is 1. The molecule has 1 N–H and O–H groups in total. The van der Waals surface area contributed by atoms with Crippen molar-refractivity contribution in [1.29, 1.82) is 0 Å². The lowest BCUT2D eigenvalue weighted by molar-refractivity contribution is 0.0852. The summed E-state index contributed by atoms with van der Waals surface area (Å²) < 4.78 is 5.12. The number of hydrogen-bond donors (Lipinski definition) is 1. The first-order valence-corrected chi connectivity index (χ1v) is 7.01. The molecule has 0 fully saturated rings. The monoisotopic (exact) mass is 283 g/mol. The van der Waals surface area contributed by atoms with Crippen molar-refractivity contribution in [1.82, 2.24) is 0 Å². The SMILES string of the molecule is COc1ccc(C(=O)C(C)(C)CNc2ccccc2)cc1. The molecule has 0 bridgehead atoms. The Morgan fingerprint density at radius 3 is 2.24 bits per heavy atom. The maximum Gasteiger partial charge on any atom is 0.170 e. The van der Waals surface area contributed by atoms with E-state index in [2.05, 4.69) is 5.32 Å². The second-order valence-corrected chi connectivity index (χ2v) is 5.66. The topological polar surface area (TPSA) is 38.3 Å². The Morgan fingerprint density at radius 2 is 1.67 bits per heavy atom. The highest BCUT2D eigenvalue weighted by Gasteiger charge is 2.28. The lowest BCUT2D eigenvalue weighted by Crippen LogP contribution is -2.32. The molecule has 0 aromatic heterocycles. The highest BCUT2D eigenvalue weighted by molar-refractivity contribution is 6.00. The second kappa shape index (κ2) is 6.44. The number of ketones is 1. The van der Waals surface area contributed by atoms with Crippen molar-refractivity contribution in [3.63, 3.8) is 0 Å². The van der Waals surface area contributed by atoms with Crippen molar-refractivity contribution in [3.05, 3.63) is 60.2 Å². The molecule has 110 valence electrons. The predicted molar refractivity (Wildman–Crippen MR) is 86.0 cm³/mol. The molecule has 21 heavy (non-hydrogen) atoms. The normalized spacial score (nSPS) is 11.0. The molecule has 2 rings (SSSR count).